The van der Waals surface area contributed by atoms with Gasteiger partial charge >= 0.3 is 0 Å². The van der Waals surface area contributed by atoms with Gasteiger partial charge in [-0.2, -0.15) is 0 Å². The van der Waals surface area contributed by atoms with Crippen LogP contribution in [0.4, 0.5) is 0 Å². The highest BCUT2D eigenvalue weighted by molar-refractivity contribution is 9.10. The summed E-state index contributed by atoms with van der Waals surface area (Å²) in [4.78, 5) is 1.20. The number of nitrogens with one attached hydrogen (secondary N) is 1. The van der Waals surface area contributed by atoms with Crippen LogP contribution < -0.4 is 10.1 Å². The molecule has 1 atom stereocenters. The number of hydrogen-bond acceptors (Lipinski definition) is 5. The van der Waals surface area contributed by atoms with Gasteiger partial charge < -0.3 is 19.9 Å². The number of methoxy groups -OCH3 is 2. The van der Waals surface area contributed by atoms with Crippen molar-refractivity contribution in [3.05, 3.63) is 15.4 Å². The first-order chi connectivity index (χ1) is 8.17. The maximum Gasteiger partial charge on any atom is 0.188 e. The van der Waals surface area contributed by atoms with Gasteiger partial charge in [0.15, 0.2) is 5.06 Å². The molecule has 0 saturated heterocycles. The molecule has 2 N–H and O–H groups in total. The van der Waals surface area contributed by atoms with Gasteiger partial charge in [0.25, 0.3) is 0 Å². The Morgan fingerprint density at radius 3 is 2.88 bits per heavy atom. The van der Waals surface area contributed by atoms with Crippen LogP contribution in [0.2, 0.25) is 0 Å². The highest BCUT2D eigenvalue weighted by atomic mass is 79.9. The van der Waals surface area contributed by atoms with Crippen molar-refractivity contribution in [2.45, 2.75) is 19.1 Å². The maximum absolute atomic E-state index is 9.44. The summed E-state index contributed by atoms with van der Waals surface area (Å²) in [6.45, 7) is 1.94. The number of ether oxygens (including phenoxy) is 2. The predicted molar refractivity (Wildman–Crippen MR) is 72.8 cm³/mol. The lowest BCUT2D eigenvalue weighted by Crippen LogP contribution is -2.22. The average Bonchev–Trinajstić information content (AvgIpc) is 2.66. The Morgan fingerprint density at radius 2 is 2.29 bits per heavy atom. The quantitative estimate of drug-likeness (QED) is 0.718. The van der Waals surface area contributed by atoms with Crippen LogP contribution in [-0.4, -0.2) is 38.6 Å². The van der Waals surface area contributed by atoms with Crippen LogP contribution in [0.3, 0.4) is 0 Å². The number of rotatable bonds is 8. The van der Waals surface area contributed by atoms with Crippen molar-refractivity contribution >= 4 is 27.3 Å². The van der Waals surface area contributed by atoms with E-state index in [0.717, 1.165) is 22.6 Å². The third-order valence-corrected chi connectivity index (χ3v) is 4.15. The molecule has 1 aromatic heterocycles. The zero-order valence-electron chi connectivity index (χ0n) is 10.0. The van der Waals surface area contributed by atoms with Crippen molar-refractivity contribution in [3.63, 3.8) is 0 Å². The minimum atomic E-state index is -0.392. The van der Waals surface area contributed by atoms with E-state index < -0.39 is 6.10 Å². The Labute approximate surface area is 114 Å². The fourth-order valence-electron chi connectivity index (χ4n) is 1.38. The molecule has 4 nitrogen and oxygen atoms in total. The average molecular weight is 324 g/mol. The first kappa shape index (κ1) is 14.9. The van der Waals surface area contributed by atoms with Crippen molar-refractivity contribution in [2.24, 2.45) is 0 Å². The SMILES string of the molecule is COCC(O)CCNCc1cc(Br)c(OC)s1. The molecule has 6 heteroatoms. The zero-order valence-corrected chi connectivity index (χ0v) is 12.4. The third-order valence-electron chi connectivity index (χ3n) is 2.20. The van der Waals surface area contributed by atoms with Crippen LogP contribution in [-0.2, 0) is 11.3 Å². The summed E-state index contributed by atoms with van der Waals surface area (Å²) in [7, 11) is 3.25. The van der Waals surface area contributed by atoms with E-state index in [1.54, 1.807) is 25.6 Å². The Balaban J connectivity index is 2.22. The molecule has 0 saturated carbocycles. The predicted octanol–water partition coefficient (Wildman–Crippen LogP) is 2.01. The number of aliphatic hydroxyl groups is 1. The Morgan fingerprint density at radius 1 is 1.53 bits per heavy atom. The fraction of sp³-hybridized carbons (Fsp3) is 0.636. The van der Waals surface area contributed by atoms with Crippen LogP contribution in [0, 0.1) is 0 Å². The van der Waals surface area contributed by atoms with Gasteiger partial charge in [-0.15, -0.1) is 11.3 Å². The Kier molecular flexibility index (Phi) is 7.06. The number of halogens is 1. The highest BCUT2D eigenvalue weighted by Gasteiger charge is 2.07. The van der Waals surface area contributed by atoms with Crippen molar-refractivity contribution in [1.82, 2.24) is 5.32 Å². The second kappa shape index (κ2) is 8.05. The molecule has 17 heavy (non-hydrogen) atoms. The van der Waals surface area contributed by atoms with Crippen LogP contribution in [0.15, 0.2) is 10.5 Å². The molecule has 0 aromatic carbocycles. The third kappa shape index (κ3) is 5.35. The van der Waals surface area contributed by atoms with Gasteiger partial charge in [-0.1, -0.05) is 0 Å². The van der Waals surface area contributed by atoms with Crippen LogP contribution in [0.25, 0.3) is 0 Å². The van der Waals surface area contributed by atoms with Crippen molar-refractivity contribution in [2.75, 3.05) is 27.4 Å². The Bertz CT molecular complexity index is 333. The van der Waals surface area contributed by atoms with Gasteiger partial charge in [0.2, 0.25) is 0 Å². The second-order valence-electron chi connectivity index (χ2n) is 3.63. The molecule has 0 aliphatic rings. The summed E-state index contributed by atoms with van der Waals surface area (Å²) < 4.78 is 11.0. The minimum Gasteiger partial charge on any atom is -0.486 e. The van der Waals surface area contributed by atoms with Gasteiger partial charge in [-0.25, -0.2) is 0 Å². The van der Waals surface area contributed by atoms with E-state index in [9.17, 15) is 5.11 Å². The minimum absolute atomic E-state index is 0.389. The second-order valence-corrected chi connectivity index (χ2v) is 5.58. The van der Waals surface area contributed by atoms with E-state index in [1.807, 2.05) is 6.07 Å². The lowest BCUT2D eigenvalue weighted by molar-refractivity contribution is 0.0594. The first-order valence-corrected chi connectivity index (χ1v) is 6.98. The molecule has 1 unspecified atom stereocenters. The molecule has 0 spiro atoms. The summed E-state index contributed by atoms with van der Waals surface area (Å²) in [5.74, 6) is 0. The molecule has 98 valence electrons. The smallest absolute Gasteiger partial charge is 0.188 e. The van der Waals surface area contributed by atoms with Gasteiger partial charge in [0.1, 0.15) is 0 Å². The lowest BCUT2D eigenvalue weighted by atomic mass is 10.2. The molecule has 0 amide bonds. The zero-order chi connectivity index (χ0) is 12.7. The summed E-state index contributed by atoms with van der Waals surface area (Å²) in [6.07, 6.45) is 0.300. The topological polar surface area (TPSA) is 50.7 Å². The van der Waals surface area contributed by atoms with Gasteiger partial charge in [0.05, 0.1) is 24.3 Å². The summed E-state index contributed by atoms with van der Waals surface area (Å²) in [5.41, 5.74) is 0. The molecule has 0 aliphatic heterocycles. The fourth-order valence-corrected chi connectivity index (χ4v) is 3.04. The summed E-state index contributed by atoms with van der Waals surface area (Å²) in [5, 5.41) is 13.6. The maximum atomic E-state index is 9.44. The molecule has 0 bridgehead atoms. The molecular formula is C11H18BrNO3S. The van der Waals surface area contributed by atoms with Gasteiger partial charge in [0, 0.05) is 18.5 Å². The molecule has 0 fully saturated rings. The van der Waals surface area contributed by atoms with E-state index in [1.165, 1.54) is 4.88 Å². The van der Waals surface area contributed by atoms with Crippen LogP contribution >= 0.6 is 27.3 Å². The normalized spacial score (nSPS) is 12.7. The standard InChI is InChI=1S/C11H18BrNO3S/c1-15-7-8(14)3-4-13-6-9-5-10(12)11(16-2)17-9/h5,8,13-14H,3-4,6-7H2,1-2H3. The monoisotopic (exact) mass is 323 g/mol. The van der Waals surface area contributed by atoms with Crippen molar-refractivity contribution < 1.29 is 14.6 Å². The molecule has 1 rings (SSSR count). The molecule has 1 heterocycles. The van der Waals surface area contributed by atoms with Crippen LogP contribution in [0.1, 0.15) is 11.3 Å². The van der Waals surface area contributed by atoms with E-state index in [2.05, 4.69) is 21.2 Å². The molecule has 1 aromatic rings. The van der Waals surface area contributed by atoms with E-state index in [0.29, 0.717) is 13.0 Å². The van der Waals surface area contributed by atoms with E-state index in [4.69, 9.17) is 9.47 Å². The van der Waals surface area contributed by atoms with E-state index in [-0.39, 0.29) is 0 Å². The lowest BCUT2D eigenvalue weighted by Gasteiger charge is -2.09. The first-order valence-electron chi connectivity index (χ1n) is 5.37. The Hall–Kier alpha value is -0.140. The van der Waals surface area contributed by atoms with Crippen molar-refractivity contribution in [1.29, 1.82) is 0 Å². The van der Waals surface area contributed by atoms with Gasteiger partial charge in [-0.05, 0) is 35.0 Å². The summed E-state index contributed by atoms with van der Waals surface area (Å²) >= 11 is 5.04. The van der Waals surface area contributed by atoms with Gasteiger partial charge in [-0.3, -0.25) is 0 Å². The van der Waals surface area contributed by atoms with Crippen molar-refractivity contribution in [3.8, 4) is 5.06 Å². The highest BCUT2D eigenvalue weighted by Crippen LogP contribution is 2.34. The summed E-state index contributed by atoms with van der Waals surface area (Å²) in [6, 6.07) is 2.04. The number of aliphatic hydroxyl groups excluding tert-OH is 1. The van der Waals surface area contributed by atoms with Crippen LogP contribution in [0.5, 0.6) is 5.06 Å². The molecular weight excluding hydrogens is 306 g/mol. The number of thiophene rings is 1. The van der Waals surface area contributed by atoms with E-state index >= 15 is 0 Å². The molecule has 0 radical (unpaired) electrons. The molecule has 0 aliphatic carbocycles. The largest absolute Gasteiger partial charge is 0.486 e. The number of hydrogen-bond donors (Lipinski definition) is 2.